The summed E-state index contributed by atoms with van der Waals surface area (Å²) < 4.78 is 29.6. The van der Waals surface area contributed by atoms with Crippen molar-refractivity contribution in [3.05, 3.63) is 66.1 Å². The molecule has 168 valence electrons. The number of pyridine rings is 1. The van der Waals surface area contributed by atoms with Crippen molar-refractivity contribution < 1.29 is 13.2 Å². The van der Waals surface area contributed by atoms with Gasteiger partial charge in [-0.05, 0) is 67.6 Å². The number of carbonyl (C=O) groups is 1. The van der Waals surface area contributed by atoms with E-state index in [1.807, 2.05) is 0 Å². The first kappa shape index (κ1) is 21.1. The molecule has 1 atom stereocenters. The van der Waals surface area contributed by atoms with E-state index < -0.39 is 10.0 Å². The van der Waals surface area contributed by atoms with E-state index >= 15 is 0 Å². The summed E-state index contributed by atoms with van der Waals surface area (Å²) in [5.74, 6) is -0.196. The number of nitrogens with one attached hydrogen (secondary N) is 2. The first-order chi connectivity index (χ1) is 15.4. The molecule has 1 saturated carbocycles. The number of piperidine rings is 1. The van der Waals surface area contributed by atoms with Crippen molar-refractivity contribution in [3.63, 3.8) is 0 Å². The Hall–Kier alpha value is -2.75. The molecule has 1 saturated heterocycles. The van der Waals surface area contributed by atoms with E-state index in [0.29, 0.717) is 12.1 Å². The quantitative estimate of drug-likeness (QED) is 0.595. The zero-order valence-corrected chi connectivity index (χ0v) is 18.8. The van der Waals surface area contributed by atoms with Crippen molar-refractivity contribution in [2.24, 2.45) is 5.41 Å². The predicted octanol–water partition coefficient (Wildman–Crippen LogP) is 2.03. The lowest BCUT2D eigenvalue weighted by molar-refractivity contribution is 0.0950. The van der Waals surface area contributed by atoms with Gasteiger partial charge in [0.05, 0.1) is 10.5 Å². The Morgan fingerprint density at radius 3 is 2.72 bits per heavy atom. The number of nitrogens with zero attached hydrogens (tertiary/aromatic N) is 3. The van der Waals surface area contributed by atoms with E-state index in [0.717, 1.165) is 43.6 Å². The Kier molecular flexibility index (Phi) is 5.27. The lowest BCUT2D eigenvalue weighted by atomic mass is 9.94. The molecule has 0 bridgehead atoms. The second-order valence-corrected chi connectivity index (χ2v) is 10.8. The van der Waals surface area contributed by atoms with Crippen LogP contribution in [0.25, 0.3) is 5.65 Å². The van der Waals surface area contributed by atoms with Crippen LogP contribution in [0.5, 0.6) is 0 Å². The normalized spacial score (nSPS) is 20.0. The van der Waals surface area contributed by atoms with Gasteiger partial charge in [-0.15, -0.1) is 0 Å². The average molecular weight is 454 g/mol. The van der Waals surface area contributed by atoms with Crippen LogP contribution in [-0.2, 0) is 16.6 Å². The lowest BCUT2D eigenvalue weighted by Crippen LogP contribution is -2.37. The van der Waals surface area contributed by atoms with Crippen LogP contribution in [0.1, 0.15) is 35.2 Å². The third kappa shape index (κ3) is 3.80. The molecule has 9 heteroatoms. The van der Waals surface area contributed by atoms with Crippen molar-refractivity contribution in [2.45, 2.75) is 36.7 Å². The molecule has 2 aromatic heterocycles. The highest BCUT2D eigenvalue weighted by Gasteiger charge is 2.58. The molecule has 1 amide bonds. The van der Waals surface area contributed by atoms with Crippen LogP contribution in [0.15, 0.2) is 59.9 Å². The van der Waals surface area contributed by atoms with Gasteiger partial charge in [0, 0.05) is 38.2 Å². The largest absolute Gasteiger partial charge is 0.348 e. The van der Waals surface area contributed by atoms with Gasteiger partial charge >= 0.3 is 0 Å². The van der Waals surface area contributed by atoms with Gasteiger partial charge in [0.1, 0.15) is 5.65 Å². The fourth-order valence-electron chi connectivity index (χ4n) is 4.75. The fourth-order valence-corrected chi connectivity index (χ4v) is 6.20. The SMILES string of the molecule is CN(C1CC12CCNCC2)S(=O)(=O)c1ccc(CNC(=O)c2ccc3nccn3c2)cc1. The van der Waals surface area contributed by atoms with Crippen LogP contribution in [0.3, 0.4) is 0 Å². The number of rotatable bonds is 6. The standard InChI is InChI=1S/C23H27N5O3S/c1-27(20-14-23(20)8-10-24-11-9-23)32(30,31)19-5-2-17(3-6-19)15-26-22(29)18-4-7-21-25-12-13-28(21)16-18/h2-7,12-13,16,20,24H,8-11,14-15H2,1H3,(H,26,29). The molecule has 3 heterocycles. The maximum atomic E-state index is 13.1. The maximum absolute atomic E-state index is 13.1. The Balaban J connectivity index is 1.22. The van der Waals surface area contributed by atoms with Gasteiger partial charge in [0.2, 0.25) is 10.0 Å². The Labute approximate surface area is 187 Å². The second kappa shape index (κ2) is 7.99. The molecule has 3 aromatic rings. The van der Waals surface area contributed by atoms with Crippen molar-refractivity contribution in [1.29, 1.82) is 0 Å². The van der Waals surface area contributed by atoms with Gasteiger partial charge in [-0.3, -0.25) is 4.79 Å². The predicted molar refractivity (Wildman–Crippen MR) is 121 cm³/mol. The van der Waals surface area contributed by atoms with E-state index in [2.05, 4.69) is 15.6 Å². The van der Waals surface area contributed by atoms with Crippen molar-refractivity contribution >= 4 is 21.6 Å². The van der Waals surface area contributed by atoms with Gasteiger partial charge in [-0.25, -0.2) is 13.4 Å². The zero-order valence-electron chi connectivity index (χ0n) is 18.0. The molecule has 5 rings (SSSR count). The fraction of sp³-hybridized carbons (Fsp3) is 0.391. The molecular formula is C23H27N5O3S. The van der Waals surface area contributed by atoms with Gasteiger partial charge < -0.3 is 15.0 Å². The number of hydrogen-bond donors (Lipinski definition) is 2. The van der Waals surface area contributed by atoms with E-state index in [9.17, 15) is 13.2 Å². The summed E-state index contributed by atoms with van der Waals surface area (Å²) in [5, 5.41) is 6.23. The number of benzene rings is 1. The first-order valence-electron chi connectivity index (χ1n) is 10.9. The highest BCUT2D eigenvalue weighted by molar-refractivity contribution is 7.89. The van der Waals surface area contributed by atoms with E-state index in [4.69, 9.17) is 0 Å². The summed E-state index contributed by atoms with van der Waals surface area (Å²) in [6, 6.07) is 10.4. The van der Waals surface area contributed by atoms with E-state index in [-0.39, 0.29) is 22.3 Å². The molecule has 1 aliphatic heterocycles. The van der Waals surface area contributed by atoms with Crippen molar-refractivity contribution in [1.82, 2.24) is 24.3 Å². The molecule has 1 aromatic carbocycles. The van der Waals surface area contributed by atoms with E-state index in [1.165, 1.54) is 0 Å². The summed E-state index contributed by atoms with van der Waals surface area (Å²) in [6.07, 6.45) is 8.21. The number of hydrogen-bond acceptors (Lipinski definition) is 5. The van der Waals surface area contributed by atoms with Crippen LogP contribution >= 0.6 is 0 Å². The molecule has 1 spiro atoms. The smallest absolute Gasteiger partial charge is 0.253 e. The van der Waals surface area contributed by atoms with Gasteiger partial charge in [-0.2, -0.15) is 4.31 Å². The summed E-state index contributed by atoms with van der Waals surface area (Å²) in [4.78, 5) is 16.9. The first-order valence-corrected chi connectivity index (χ1v) is 12.3. The molecule has 32 heavy (non-hydrogen) atoms. The molecule has 2 fully saturated rings. The number of amides is 1. The van der Waals surface area contributed by atoms with Gasteiger partial charge in [0.25, 0.3) is 5.91 Å². The number of carbonyl (C=O) groups excluding carboxylic acids is 1. The third-order valence-electron chi connectivity index (χ3n) is 6.89. The average Bonchev–Trinajstić information content (AvgIpc) is 3.27. The van der Waals surface area contributed by atoms with Crippen LogP contribution in [0.2, 0.25) is 0 Å². The number of sulfonamides is 1. The number of imidazole rings is 1. The van der Waals surface area contributed by atoms with Crippen LogP contribution in [0.4, 0.5) is 0 Å². The van der Waals surface area contributed by atoms with Crippen LogP contribution < -0.4 is 10.6 Å². The lowest BCUT2D eigenvalue weighted by Gasteiger charge is -2.27. The zero-order chi connectivity index (χ0) is 22.3. The minimum Gasteiger partial charge on any atom is -0.348 e. The topological polar surface area (TPSA) is 95.8 Å². The van der Waals surface area contributed by atoms with Crippen LogP contribution in [0, 0.1) is 5.41 Å². The molecule has 0 radical (unpaired) electrons. The molecule has 8 nitrogen and oxygen atoms in total. The monoisotopic (exact) mass is 453 g/mol. The maximum Gasteiger partial charge on any atom is 0.253 e. The van der Waals surface area contributed by atoms with Gasteiger partial charge in [-0.1, -0.05) is 12.1 Å². The highest BCUT2D eigenvalue weighted by Crippen LogP contribution is 2.56. The summed E-state index contributed by atoms with van der Waals surface area (Å²) >= 11 is 0. The third-order valence-corrected chi connectivity index (χ3v) is 8.77. The van der Waals surface area contributed by atoms with E-state index in [1.54, 1.807) is 70.7 Å². The summed E-state index contributed by atoms with van der Waals surface area (Å²) in [6.45, 7) is 2.23. The second-order valence-electron chi connectivity index (χ2n) is 8.79. The Morgan fingerprint density at radius 1 is 1.22 bits per heavy atom. The molecule has 2 aliphatic rings. The highest BCUT2D eigenvalue weighted by atomic mass is 32.2. The molecule has 1 aliphatic carbocycles. The molecule has 1 unspecified atom stereocenters. The van der Waals surface area contributed by atoms with Crippen LogP contribution in [-0.4, -0.2) is 54.2 Å². The number of fused-ring (bicyclic) bond motifs is 1. The number of aromatic nitrogens is 2. The molecular weight excluding hydrogens is 426 g/mol. The van der Waals surface area contributed by atoms with Crippen molar-refractivity contribution in [3.8, 4) is 0 Å². The minimum absolute atomic E-state index is 0.0846. The Morgan fingerprint density at radius 2 is 1.97 bits per heavy atom. The summed E-state index contributed by atoms with van der Waals surface area (Å²) in [5.41, 5.74) is 2.30. The van der Waals surface area contributed by atoms with Gasteiger partial charge in [0.15, 0.2) is 0 Å². The minimum atomic E-state index is -3.54. The van der Waals surface area contributed by atoms with Crippen molar-refractivity contribution in [2.75, 3.05) is 20.1 Å². The Bertz CT molecular complexity index is 1250. The molecule has 2 N–H and O–H groups in total. The summed E-state index contributed by atoms with van der Waals surface area (Å²) in [7, 11) is -1.84.